The topological polar surface area (TPSA) is 76.7 Å². The third-order valence-electron chi connectivity index (χ3n) is 4.34. The van der Waals surface area contributed by atoms with Gasteiger partial charge in [0.05, 0.1) is 28.3 Å². The number of para-hydroxylation sites is 1. The zero-order valence-electron chi connectivity index (χ0n) is 15.1. The molecule has 0 atom stereocenters. The van der Waals surface area contributed by atoms with Crippen molar-refractivity contribution >= 4 is 38.1 Å². The second kappa shape index (κ2) is 7.99. The summed E-state index contributed by atoms with van der Waals surface area (Å²) in [6.07, 6.45) is 1.44. The van der Waals surface area contributed by atoms with Crippen molar-refractivity contribution in [3.8, 4) is 11.3 Å². The van der Waals surface area contributed by atoms with Crippen molar-refractivity contribution in [1.29, 1.82) is 0 Å². The zero-order chi connectivity index (χ0) is 19.0. The molecule has 0 fully saturated rings. The van der Waals surface area contributed by atoms with Crippen molar-refractivity contribution in [2.75, 3.05) is 0 Å². The minimum atomic E-state index is -0.420. The Bertz CT molecular complexity index is 1180. The van der Waals surface area contributed by atoms with Gasteiger partial charge in [-0.05, 0) is 11.2 Å². The van der Waals surface area contributed by atoms with Gasteiger partial charge < -0.3 is 21.5 Å². The van der Waals surface area contributed by atoms with Crippen LogP contribution in [0, 0.1) is 10.1 Å². The molecule has 2 heterocycles. The van der Waals surface area contributed by atoms with Gasteiger partial charge in [-0.1, -0.05) is 48.5 Å². The second-order valence-corrected chi connectivity index (χ2v) is 7.05. The number of nitro groups is 1. The molecule has 0 aliphatic carbocycles. The van der Waals surface area contributed by atoms with Gasteiger partial charge in [-0.15, -0.1) is 0 Å². The number of hydrogen-bond acceptors (Lipinski definition) is 5. The van der Waals surface area contributed by atoms with Crippen molar-refractivity contribution in [3.63, 3.8) is 0 Å². The SMILES string of the molecule is Cn1c(-c2ccccc2)c(N=Nc2sc([N+](=O)[O-])c[n+]2C)c2ccccc21.[Br-]. The van der Waals surface area contributed by atoms with E-state index in [0.717, 1.165) is 39.2 Å². The zero-order valence-corrected chi connectivity index (χ0v) is 17.5. The average Bonchev–Trinajstić information content (AvgIpc) is 3.19. The van der Waals surface area contributed by atoms with E-state index in [0.29, 0.717) is 5.13 Å². The smallest absolute Gasteiger partial charge is 0.414 e. The molecule has 0 N–H and O–H groups in total. The minimum Gasteiger partial charge on any atom is -1.00 e. The van der Waals surface area contributed by atoms with Crippen LogP contribution in [0.5, 0.6) is 0 Å². The monoisotopic (exact) mass is 457 g/mol. The fourth-order valence-corrected chi connectivity index (χ4v) is 3.83. The van der Waals surface area contributed by atoms with E-state index in [9.17, 15) is 10.1 Å². The summed E-state index contributed by atoms with van der Waals surface area (Å²) in [5, 5.41) is 21.3. The van der Waals surface area contributed by atoms with Gasteiger partial charge in [0.25, 0.3) is 0 Å². The first-order chi connectivity index (χ1) is 13.1. The van der Waals surface area contributed by atoms with Gasteiger partial charge in [0, 0.05) is 29.3 Å². The number of hydrogen-bond donors (Lipinski definition) is 0. The van der Waals surface area contributed by atoms with Crippen molar-refractivity contribution in [1.82, 2.24) is 4.57 Å². The number of halogens is 1. The highest BCUT2D eigenvalue weighted by atomic mass is 79.9. The Balaban J connectivity index is 0.00000225. The molecular weight excluding hydrogens is 442 g/mol. The van der Waals surface area contributed by atoms with E-state index < -0.39 is 4.92 Å². The maximum atomic E-state index is 11.0. The minimum absolute atomic E-state index is 0. The van der Waals surface area contributed by atoms with E-state index >= 15 is 0 Å². The number of azo groups is 1. The van der Waals surface area contributed by atoms with Gasteiger partial charge in [0.2, 0.25) is 0 Å². The Morgan fingerprint density at radius 3 is 2.43 bits per heavy atom. The van der Waals surface area contributed by atoms with Gasteiger partial charge in [-0.25, -0.2) is 4.57 Å². The number of thiazole rings is 1. The lowest BCUT2D eigenvalue weighted by Gasteiger charge is -2.04. The molecule has 7 nitrogen and oxygen atoms in total. The van der Waals surface area contributed by atoms with Crippen molar-refractivity contribution in [2.24, 2.45) is 24.3 Å². The number of aromatic nitrogens is 2. The average molecular weight is 458 g/mol. The first kappa shape index (κ1) is 19.8. The molecule has 28 heavy (non-hydrogen) atoms. The summed E-state index contributed by atoms with van der Waals surface area (Å²) in [6, 6.07) is 18.0. The summed E-state index contributed by atoms with van der Waals surface area (Å²) in [6.45, 7) is 0. The number of rotatable bonds is 4. The molecule has 0 spiro atoms. The van der Waals surface area contributed by atoms with E-state index in [4.69, 9.17) is 0 Å². The summed E-state index contributed by atoms with van der Waals surface area (Å²) in [5.41, 5.74) is 3.78. The maximum absolute atomic E-state index is 11.0. The van der Waals surface area contributed by atoms with Crippen LogP contribution in [0.3, 0.4) is 0 Å². The summed E-state index contributed by atoms with van der Waals surface area (Å²) < 4.78 is 3.70. The lowest BCUT2D eigenvalue weighted by atomic mass is 10.1. The molecule has 0 bridgehead atoms. The summed E-state index contributed by atoms with van der Waals surface area (Å²) >= 11 is 0.997. The van der Waals surface area contributed by atoms with Crippen LogP contribution in [-0.2, 0) is 14.1 Å². The molecular formula is C19H16BrN5O2S. The van der Waals surface area contributed by atoms with Gasteiger partial charge in [-0.2, -0.15) is 0 Å². The van der Waals surface area contributed by atoms with E-state index in [1.165, 1.54) is 6.20 Å². The number of fused-ring (bicyclic) bond motifs is 1. The Hall–Kier alpha value is -2.91. The Kier molecular flexibility index (Phi) is 5.66. The molecule has 0 unspecified atom stereocenters. The van der Waals surface area contributed by atoms with Crippen molar-refractivity contribution < 1.29 is 26.5 Å². The molecule has 2 aromatic heterocycles. The van der Waals surface area contributed by atoms with E-state index in [2.05, 4.69) is 14.8 Å². The highest BCUT2D eigenvalue weighted by Gasteiger charge is 2.23. The molecule has 4 aromatic rings. The predicted octanol–water partition coefficient (Wildman–Crippen LogP) is 2.06. The molecule has 9 heteroatoms. The normalized spacial score (nSPS) is 11.1. The predicted molar refractivity (Wildman–Crippen MR) is 105 cm³/mol. The molecule has 0 saturated carbocycles. The van der Waals surface area contributed by atoms with E-state index in [-0.39, 0.29) is 22.0 Å². The van der Waals surface area contributed by atoms with Gasteiger partial charge >= 0.3 is 10.1 Å². The quantitative estimate of drug-likeness (QED) is 0.203. The third kappa shape index (κ3) is 3.46. The van der Waals surface area contributed by atoms with Gasteiger partial charge in [0.15, 0.2) is 6.20 Å². The molecule has 0 aliphatic heterocycles. The molecule has 0 amide bonds. The standard InChI is InChI=1S/C19H16N5O2S.BrH/c1-22-12-16(24(25)26)27-19(22)21-20-17-14-10-6-7-11-15(14)23(2)18(17)13-8-4-3-5-9-13;/h3-12H,1-2H3;1H/q+1;/p-1. The lowest BCUT2D eigenvalue weighted by Crippen LogP contribution is -3.00. The van der Waals surface area contributed by atoms with Crippen molar-refractivity contribution in [3.05, 3.63) is 70.9 Å². The Labute approximate surface area is 175 Å². The second-order valence-electron chi connectivity index (χ2n) is 6.06. The molecule has 142 valence electrons. The van der Waals surface area contributed by atoms with Crippen LogP contribution >= 0.6 is 11.3 Å². The molecule has 4 rings (SSSR count). The van der Waals surface area contributed by atoms with E-state index in [1.54, 1.807) is 11.6 Å². The molecule has 0 radical (unpaired) electrons. The lowest BCUT2D eigenvalue weighted by molar-refractivity contribution is -0.656. The number of benzene rings is 2. The summed E-state index contributed by atoms with van der Waals surface area (Å²) in [7, 11) is 3.72. The summed E-state index contributed by atoms with van der Waals surface area (Å²) in [4.78, 5) is 10.6. The third-order valence-corrected chi connectivity index (χ3v) is 5.36. The highest BCUT2D eigenvalue weighted by molar-refractivity contribution is 7.17. The summed E-state index contributed by atoms with van der Waals surface area (Å²) in [5.74, 6) is 0. The van der Waals surface area contributed by atoms with Gasteiger partial charge in [-0.3, -0.25) is 10.1 Å². The fraction of sp³-hybridized carbons (Fsp3) is 0.105. The van der Waals surface area contributed by atoms with Crippen molar-refractivity contribution in [2.45, 2.75) is 0 Å². The maximum Gasteiger partial charge on any atom is 0.414 e. The van der Waals surface area contributed by atoms with Crippen LogP contribution in [0.15, 0.2) is 71.0 Å². The van der Waals surface area contributed by atoms with Crippen LogP contribution in [0.25, 0.3) is 22.2 Å². The molecule has 0 aliphatic rings. The highest BCUT2D eigenvalue weighted by Crippen LogP contribution is 2.40. The van der Waals surface area contributed by atoms with Crippen LogP contribution in [0.2, 0.25) is 0 Å². The van der Waals surface area contributed by atoms with Crippen LogP contribution in [0.1, 0.15) is 0 Å². The number of nitrogens with zero attached hydrogens (tertiary/aromatic N) is 5. The van der Waals surface area contributed by atoms with Crippen LogP contribution < -0.4 is 21.5 Å². The first-order valence-electron chi connectivity index (χ1n) is 8.24. The largest absolute Gasteiger partial charge is 1.00 e. The fourth-order valence-electron chi connectivity index (χ4n) is 3.08. The molecule has 0 saturated heterocycles. The Morgan fingerprint density at radius 2 is 1.75 bits per heavy atom. The molecule has 2 aromatic carbocycles. The van der Waals surface area contributed by atoms with Crippen LogP contribution in [-0.4, -0.2) is 9.49 Å². The van der Waals surface area contributed by atoms with Gasteiger partial charge in [0.1, 0.15) is 5.69 Å². The first-order valence-corrected chi connectivity index (χ1v) is 9.06. The number of aryl methyl sites for hydroxylation is 2. The van der Waals surface area contributed by atoms with E-state index in [1.807, 2.05) is 61.6 Å². The van der Waals surface area contributed by atoms with Crippen LogP contribution in [0.4, 0.5) is 15.8 Å². The Morgan fingerprint density at radius 1 is 1.07 bits per heavy atom.